The molecule has 0 bridgehead atoms. The molecule has 5 nitrogen and oxygen atoms in total. The van der Waals surface area contributed by atoms with Crippen LogP contribution in [0.25, 0.3) is 11.1 Å². The van der Waals surface area contributed by atoms with E-state index in [1.54, 1.807) is 0 Å². The molecule has 1 aromatic heterocycles. The molecule has 0 aliphatic carbocycles. The minimum atomic E-state index is -0.819. The van der Waals surface area contributed by atoms with Gasteiger partial charge in [-0.05, 0) is 12.1 Å². The fraction of sp³-hybridized carbons (Fsp3) is 0.111. The number of ether oxygens (including phenoxy) is 1. The van der Waals surface area contributed by atoms with Crippen molar-refractivity contribution in [2.45, 2.75) is 0 Å². The Kier molecular flexibility index (Phi) is 2.03. The van der Waals surface area contributed by atoms with Gasteiger partial charge < -0.3 is 9.15 Å². The van der Waals surface area contributed by atoms with Crippen molar-refractivity contribution < 1.29 is 18.3 Å². The molecule has 0 saturated heterocycles. The van der Waals surface area contributed by atoms with Crippen LogP contribution in [-0.2, 0) is 4.74 Å². The number of aromatic amines is 1. The zero-order valence-corrected chi connectivity index (χ0v) is 7.67. The van der Waals surface area contributed by atoms with E-state index in [1.807, 2.05) is 0 Å². The van der Waals surface area contributed by atoms with E-state index in [1.165, 1.54) is 13.2 Å². The number of nitrogens with one attached hydrogen (secondary N) is 1. The molecular formula is C9H6FNO4. The highest BCUT2D eigenvalue weighted by molar-refractivity contribution is 6.01. The van der Waals surface area contributed by atoms with Crippen molar-refractivity contribution >= 4 is 17.1 Å². The third-order valence-corrected chi connectivity index (χ3v) is 1.94. The fourth-order valence-electron chi connectivity index (χ4n) is 1.28. The number of carbonyl (C=O) groups excluding carboxylic acids is 1. The van der Waals surface area contributed by atoms with Crippen LogP contribution in [0.15, 0.2) is 21.3 Å². The van der Waals surface area contributed by atoms with Gasteiger partial charge in [-0.15, -0.1) is 0 Å². The zero-order valence-electron chi connectivity index (χ0n) is 7.67. The summed E-state index contributed by atoms with van der Waals surface area (Å²) in [6.07, 6.45) is 0. The smallest absolute Gasteiger partial charge is 0.417 e. The van der Waals surface area contributed by atoms with Gasteiger partial charge in [0.25, 0.3) is 0 Å². The van der Waals surface area contributed by atoms with Gasteiger partial charge >= 0.3 is 11.7 Å². The van der Waals surface area contributed by atoms with Crippen LogP contribution in [0.2, 0.25) is 0 Å². The van der Waals surface area contributed by atoms with Gasteiger partial charge in [-0.25, -0.2) is 14.0 Å². The summed E-state index contributed by atoms with van der Waals surface area (Å²) in [5.74, 6) is -2.20. The predicted octanol–water partition coefficient (Wildman–Crippen LogP) is 1.05. The summed E-state index contributed by atoms with van der Waals surface area (Å²) in [6, 6.07) is 2.25. The van der Waals surface area contributed by atoms with Crippen molar-refractivity contribution in [3.63, 3.8) is 0 Å². The number of aromatic nitrogens is 1. The van der Waals surface area contributed by atoms with E-state index < -0.39 is 17.5 Å². The molecule has 0 aliphatic rings. The SMILES string of the molecule is COC(=O)c1ccc(F)c2oc(=O)[nH]c12. The fourth-order valence-corrected chi connectivity index (χ4v) is 1.28. The molecule has 1 aromatic carbocycles. The second-order valence-electron chi connectivity index (χ2n) is 2.81. The van der Waals surface area contributed by atoms with Crippen LogP contribution in [0.5, 0.6) is 0 Å². The van der Waals surface area contributed by atoms with Crippen LogP contribution in [0.1, 0.15) is 10.4 Å². The number of rotatable bonds is 1. The van der Waals surface area contributed by atoms with E-state index in [9.17, 15) is 14.0 Å². The highest BCUT2D eigenvalue weighted by atomic mass is 19.1. The summed E-state index contributed by atoms with van der Waals surface area (Å²) < 4.78 is 22.2. The lowest BCUT2D eigenvalue weighted by molar-refractivity contribution is 0.0602. The first-order chi connectivity index (χ1) is 7.13. The zero-order chi connectivity index (χ0) is 11.0. The van der Waals surface area contributed by atoms with Gasteiger partial charge in [0.15, 0.2) is 11.4 Å². The van der Waals surface area contributed by atoms with Crippen molar-refractivity contribution in [2.75, 3.05) is 7.11 Å². The van der Waals surface area contributed by atoms with E-state index in [0.29, 0.717) is 0 Å². The number of halogens is 1. The Hall–Kier alpha value is -2.11. The lowest BCUT2D eigenvalue weighted by Gasteiger charge is -1.99. The van der Waals surface area contributed by atoms with E-state index in [2.05, 4.69) is 14.1 Å². The molecule has 0 fully saturated rings. The lowest BCUT2D eigenvalue weighted by Crippen LogP contribution is -2.03. The lowest BCUT2D eigenvalue weighted by atomic mass is 10.2. The van der Waals surface area contributed by atoms with Gasteiger partial charge in [0, 0.05) is 0 Å². The Morgan fingerprint density at radius 2 is 2.27 bits per heavy atom. The Morgan fingerprint density at radius 1 is 1.53 bits per heavy atom. The molecule has 1 heterocycles. The Labute approximate surface area is 82.5 Å². The number of esters is 1. The predicted molar refractivity (Wildman–Crippen MR) is 48.1 cm³/mol. The maximum atomic E-state index is 13.1. The molecule has 0 aliphatic heterocycles. The standard InChI is InChI=1S/C9H6FNO4/c1-14-8(12)4-2-3-5(10)7-6(4)11-9(13)15-7/h2-3H,1H3,(H,11,13). The second kappa shape index (κ2) is 3.23. The van der Waals surface area contributed by atoms with Gasteiger partial charge in [0.05, 0.1) is 12.7 Å². The van der Waals surface area contributed by atoms with Crippen LogP contribution in [0.4, 0.5) is 4.39 Å². The molecule has 78 valence electrons. The third-order valence-electron chi connectivity index (χ3n) is 1.94. The van der Waals surface area contributed by atoms with Crippen LogP contribution in [0, 0.1) is 5.82 Å². The van der Waals surface area contributed by atoms with Gasteiger partial charge in [-0.2, -0.15) is 0 Å². The van der Waals surface area contributed by atoms with E-state index in [0.717, 1.165) is 6.07 Å². The van der Waals surface area contributed by atoms with Crippen LogP contribution < -0.4 is 5.76 Å². The number of fused-ring (bicyclic) bond motifs is 1. The Balaban J connectivity index is 2.82. The van der Waals surface area contributed by atoms with Crippen LogP contribution >= 0.6 is 0 Å². The van der Waals surface area contributed by atoms with Gasteiger partial charge in [-0.1, -0.05) is 0 Å². The quantitative estimate of drug-likeness (QED) is 0.715. The summed E-state index contributed by atoms with van der Waals surface area (Å²) in [6.45, 7) is 0. The van der Waals surface area contributed by atoms with E-state index >= 15 is 0 Å². The molecule has 15 heavy (non-hydrogen) atoms. The van der Waals surface area contributed by atoms with Crippen molar-refractivity contribution in [3.8, 4) is 0 Å². The molecular weight excluding hydrogens is 205 g/mol. The largest absolute Gasteiger partial charge is 0.465 e. The van der Waals surface area contributed by atoms with Crippen molar-refractivity contribution in [3.05, 3.63) is 34.1 Å². The molecule has 2 rings (SSSR count). The third kappa shape index (κ3) is 1.39. The first-order valence-corrected chi connectivity index (χ1v) is 4.03. The first-order valence-electron chi connectivity index (χ1n) is 4.03. The molecule has 0 atom stereocenters. The van der Waals surface area contributed by atoms with Crippen LogP contribution in [0.3, 0.4) is 0 Å². The Bertz CT molecular complexity index is 583. The van der Waals surface area contributed by atoms with Crippen LogP contribution in [-0.4, -0.2) is 18.1 Å². The number of carbonyl (C=O) groups is 1. The van der Waals surface area contributed by atoms with E-state index in [4.69, 9.17) is 0 Å². The molecule has 2 aromatic rings. The average Bonchev–Trinajstić information content (AvgIpc) is 2.60. The summed E-state index contributed by atoms with van der Waals surface area (Å²) in [7, 11) is 1.19. The molecule has 0 spiro atoms. The first kappa shape index (κ1) is 9.45. The van der Waals surface area contributed by atoms with Crippen molar-refractivity contribution in [2.24, 2.45) is 0 Å². The topological polar surface area (TPSA) is 72.3 Å². The average molecular weight is 211 g/mol. The summed E-state index contributed by atoms with van der Waals surface area (Å²) >= 11 is 0. The van der Waals surface area contributed by atoms with E-state index in [-0.39, 0.29) is 16.7 Å². The molecule has 6 heteroatoms. The maximum absolute atomic E-state index is 13.1. The molecule has 1 N–H and O–H groups in total. The number of hydrogen-bond donors (Lipinski definition) is 1. The summed E-state index contributed by atoms with van der Waals surface area (Å²) in [5.41, 5.74) is -0.213. The number of oxazole rings is 1. The number of benzene rings is 1. The highest BCUT2D eigenvalue weighted by Gasteiger charge is 2.16. The summed E-state index contributed by atoms with van der Waals surface area (Å²) in [5, 5.41) is 0. The summed E-state index contributed by atoms with van der Waals surface area (Å²) in [4.78, 5) is 24.3. The Morgan fingerprint density at radius 3 is 2.93 bits per heavy atom. The second-order valence-corrected chi connectivity index (χ2v) is 2.81. The monoisotopic (exact) mass is 211 g/mol. The highest BCUT2D eigenvalue weighted by Crippen LogP contribution is 2.19. The number of hydrogen-bond acceptors (Lipinski definition) is 4. The minimum absolute atomic E-state index is 0.00634. The molecule has 0 saturated carbocycles. The van der Waals surface area contributed by atoms with Gasteiger partial charge in [-0.3, -0.25) is 4.98 Å². The van der Waals surface area contributed by atoms with Gasteiger partial charge in [0.2, 0.25) is 0 Å². The van der Waals surface area contributed by atoms with Crippen molar-refractivity contribution in [1.29, 1.82) is 0 Å². The molecule has 0 amide bonds. The molecule has 0 unspecified atom stereocenters. The normalized spacial score (nSPS) is 10.5. The minimum Gasteiger partial charge on any atom is -0.465 e. The number of methoxy groups -OCH3 is 1. The number of H-pyrrole nitrogens is 1. The van der Waals surface area contributed by atoms with Gasteiger partial charge in [0.1, 0.15) is 5.52 Å². The maximum Gasteiger partial charge on any atom is 0.417 e. The van der Waals surface area contributed by atoms with Crippen molar-refractivity contribution in [1.82, 2.24) is 4.98 Å². The molecule has 0 radical (unpaired) electrons.